The Balaban J connectivity index is 1.37. The molecule has 0 radical (unpaired) electrons. The van der Waals surface area contributed by atoms with Gasteiger partial charge in [-0.2, -0.15) is 18.4 Å². The topological polar surface area (TPSA) is 72.3 Å². The highest BCUT2D eigenvalue weighted by atomic mass is 19.4. The van der Waals surface area contributed by atoms with Gasteiger partial charge in [-0.3, -0.25) is 14.7 Å². The predicted molar refractivity (Wildman–Crippen MR) is 124 cm³/mol. The van der Waals surface area contributed by atoms with Crippen molar-refractivity contribution in [2.75, 3.05) is 24.5 Å². The van der Waals surface area contributed by atoms with Crippen molar-refractivity contribution in [2.24, 2.45) is 5.41 Å². The first kappa shape index (κ1) is 23.6. The molecule has 1 N–H and O–H groups in total. The van der Waals surface area contributed by atoms with Crippen LogP contribution in [0.25, 0.3) is 0 Å². The van der Waals surface area contributed by atoms with E-state index in [1.54, 1.807) is 24.5 Å². The second-order valence-corrected chi connectivity index (χ2v) is 10.1. The van der Waals surface area contributed by atoms with Gasteiger partial charge in [-0.25, -0.2) is 0 Å². The first-order valence-corrected chi connectivity index (χ1v) is 12.1. The number of nitrogens with zero attached hydrogens (tertiary/aromatic N) is 4. The zero-order chi connectivity index (χ0) is 24.6. The molecular weight excluding hydrogens is 455 g/mol. The first-order valence-electron chi connectivity index (χ1n) is 12.1. The summed E-state index contributed by atoms with van der Waals surface area (Å²) in [5.41, 5.74) is 0.0592. The number of rotatable bonds is 5. The largest absolute Gasteiger partial charge is 0.417 e. The summed E-state index contributed by atoms with van der Waals surface area (Å²) in [5, 5.41) is 12.2. The molecule has 1 atom stereocenters. The number of hydrogen-bond donors (Lipinski definition) is 1. The van der Waals surface area contributed by atoms with Crippen molar-refractivity contribution in [3.05, 3.63) is 59.4 Å². The molecule has 6 nitrogen and oxygen atoms in total. The van der Waals surface area contributed by atoms with E-state index in [4.69, 9.17) is 0 Å². The van der Waals surface area contributed by atoms with Gasteiger partial charge in [-0.05, 0) is 86.5 Å². The Morgan fingerprint density at radius 3 is 2.51 bits per heavy atom. The van der Waals surface area contributed by atoms with Gasteiger partial charge in [0, 0.05) is 37.2 Å². The smallest absolute Gasteiger partial charge is 0.359 e. The normalized spacial score (nSPS) is 22.2. The van der Waals surface area contributed by atoms with Crippen molar-refractivity contribution in [3.8, 4) is 6.07 Å². The van der Waals surface area contributed by atoms with Crippen molar-refractivity contribution in [2.45, 2.75) is 56.9 Å². The number of benzene rings is 1. The lowest BCUT2D eigenvalue weighted by Crippen LogP contribution is -2.44. The molecule has 1 spiro atoms. The lowest BCUT2D eigenvalue weighted by Gasteiger charge is -2.39. The van der Waals surface area contributed by atoms with Gasteiger partial charge in [-0.1, -0.05) is 0 Å². The summed E-state index contributed by atoms with van der Waals surface area (Å²) < 4.78 is 41.0. The second-order valence-electron chi connectivity index (χ2n) is 10.1. The van der Waals surface area contributed by atoms with Gasteiger partial charge in [0.05, 0.1) is 17.2 Å². The molecular formula is C26H28F3N5O. The van der Waals surface area contributed by atoms with Crippen LogP contribution in [-0.2, 0) is 17.5 Å². The number of carbonyl (C=O) groups excluding carboxylic acids is 1. The minimum absolute atomic E-state index is 0.110. The number of nitriles is 1. The molecule has 2 aliphatic heterocycles. The average Bonchev–Trinajstić information content (AvgIpc) is 3.59. The molecule has 2 aromatic rings. The van der Waals surface area contributed by atoms with Crippen LogP contribution in [0, 0.1) is 16.7 Å². The van der Waals surface area contributed by atoms with E-state index in [1.807, 2.05) is 17.0 Å². The number of alkyl halides is 3. The van der Waals surface area contributed by atoms with E-state index in [2.05, 4.69) is 15.2 Å². The van der Waals surface area contributed by atoms with Crippen LogP contribution < -0.4 is 10.2 Å². The number of anilines is 1. The van der Waals surface area contributed by atoms with Gasteiger partial charge in [0.25, 0.3) is 0 Å². The van der Waals surface area contributed by atoms with Gasteiger partial charge in [0.2, 0.25) is 5.91 Å². The molecule has 9 heteroatoms. The van der Waals surface area contributed by atoms with E-state index in [1.165, 1.54) is 11.6 Å². The third kappa shape index (κ3) is 5.13. The van der Waals surface area contributed by atoms with Crippen LogP contribution in [0.5, 0.6) is 0 Å². The molecule has 184 valence electrons. The summed E-state index contributed by atoms with van der Waals surface area (Å²) in [6, 6.07) is 9.11. The number of piperidine rings is 1. The van der Waals surface area contributed by atoms with E-state index < -0.39 is 23.3 Å². The van der Waals surface area contributed by atoms with Crippen LogP contribution in [-0.4, -0.2) is 47.5 Å². The number of likely N-dealkylation sites (tertiary alicyclic amines) is 1. The summed E-state index contributed by atoms with van der Waals surface area (Å²) in [5.74, 6) is -0.110. The number of nitrogens with one attached hydrogen (secondary N) is 1. The van der Waals surface area contributed by atoms with Crippen molar-refractivity contribution in [1.29, 1.82) is 5.26 Å². The van der Waals surface area contributed by atoms with Gasteiger partial charge in [0.15, 0.2) is 0 Å². The third-order valence-corrected chi connectivity index (χ3v) is 7.57. The Morgan fingerprint density at radius 1 is 1.17 bits per heavy atom. The Morgan fingerprint density at radius 2 is 1.89 bits per heavy atom. The number of halogens is 3. The molecule has 2 saturated heterocycles. The van der Waals surface area contributed by atoms with E-state index in [0.717, 1.165) is 51.4 Å². The molecule has 1 aliphatic carbocycles. The number of hydrogen-bond acceptors (Lipinski definition) is 5. The van der Waals surface area contributed by atoms with Crippen LogP contribution >= 0.6 is 0 Å². The maximum absolute atomic E-state index is 13.7. The van der Waals surface area contributed by atoms with Crippen molar-refractivity contribution in [3.63, 3.8) is 0 Å². The predicted octanol–water partition coefficient (Wildman–Crippen LogP) is 4.11. The summed E-state index contributed by atoms with van der Waals surface area (Å²) >= 11 is 0. The third-order valence-electron chi connectivity index (χ3n) is 7.57. The molecule has 1 saturated carbocycles. The molecule has 3 fully saturated rings. The van der Waals surface area contributed by atoms with Gasteiger partial charge in [0.1, 0.15) is 6.04 Å². The fourth-order valence-electron chi connectivity index (χ4n) is 5.42. The standard InChI is InChI=1S/C26H28F3N5O/c27-26(28,29)22-13-21(4-1-19(22)15-30)34-17-25(14-23(34)24(35)32-20-2-3-20)7-11-33(12-8-25)16-18-5-9-31-10-6-18/h1,4-6,9-10,13,20,23H,2-3,7-8,11-12,14,16-17H2,(H,32,35). The lowest BCUT2D eigenvalue weighted by molar-refractivity contribution is -0.137. The number of aromatic nitrogens is 1. The summed E-state index contributed by atoms with van der Waals surface area (Å²) in [7, 11) is 0. The highest BCUT2D eigenvalue weighted by Gasteiger charge is 2.49. The molecule has 1 aromatic carbocycles. The molecule has 0 bridgehead atoms. The minimum atomic E-state index is -4.64. The number of carbonyl (C=O) groups is 1. The van der Waals surface area contributed by atoms with Crippen molar-refractivity contribution >= 4 is 11.6 Å². The van der Waals surface area contributed by atoms with Crippen LogP contribution in [0.2, 0.25) is 0 Å². The van der Waals surface area contributed by atoms with E-state index in [9.17, 15) is 23.2 Å². The molecule has 35 heavy (non-hydrogen) atoms. The van der Waals surface area contributed by atoms with Crippen LogP contribution in [0.1, 0.15) is 48.8 Å². The Hall–Kier alpha value is -3.12. The fraction of sp³-hybridized carbons (Fsp3) is 0.500. The Bertz CT molecular complexity index is 1120. The van der Waals surface area contributed by atoms with E-state index >= 15 is 0 Å². The number of amides is 1. The van der Waals surface area contributed by atoms with Crippen LogP contribution in [0.3, 0.4) is 0 Å². The molecule has 1 unspecified atom stereocenters. The van der Waals surface area contributed by atoms with E-state index in [0.29, 0.717) is 18.7 Å². The zero-order valence-electron chi connectivity index (χ0n) is 19.4. The minimum Gasteiger partial charge on any atom is -0.359 e. The molecule has 1 aromatic heterocycles. The number of pyridine rings is 1. The second kappa shape index (κ2) is 9.15. The zero-order valence-corrected chi connectivity index (χ0v) is 19.4. The van der Waals surface area contributed by atoms with Crippen molar-refractivity contribution in [1.82, 2.24) is 15.2 Å². The molecule has 1 amide bonds. The maximum atomic E-state index is 13.7. The van der Waals surface area contributed by atoms with Crippen molar-refractivity contribution < 1.29 is 18.0 Å². The molecule has 3 aliphatic rings. The SMILES string of the molecule is N#Cc1ccc(N2CC3(CCN(Cc4ccncc4)CC3)CC2C(=O)NC2CC2)cc1C(F)(F)F. The monoisotopic (exact) mass is 483 g/mol. The van der Waals surface area contributed by atoms with Gasteiger partial charge in [-0.15, -0.1) is 0 Å². The maximum Gasteiger partial charge on any atom is 0.417 e. The summed E-state index contributed by atoms with van der Waals surface area (Å²) in [6.45, 7) is 3.10. The lowest BCUT2D eigenvalue weighted by atomic mass is 9.76. The van der Waals surface area contributed by atoms with Gasteiger partial charge >= 0.3 is 6.18 Å². The van der Waals surface area contributed by atoms with Gasteiger partial charge < -0.3 is 10.2 Å². The average molecular weight is 484 g/mol. The first-order chi connectivity index (χ1) is 16.8. The molecule has 3 heterocycles. The highest BCUT2D eigenvalue weighted by molar-refractivity contribution is 5.86. The quantitative estimate of drug-likeness (QED) is 0.693. The van der Waals surface area contributed by atoms with Crippen LogP contribution in [0.15, 0.2) is 42.7 Å². The summed E-state index contributed by atoms with van der Waals surface area (Å²) in [6.07, 6.45) is 3.20. The Kier molecular flexibility index (Phi) is 6.18. The van der Waals surface area contributed by atoms with E-state index in [-0.39, 0.29) is 17.4 Å². The Labute approximate surface area is 202 Å². The fourth-order valence-corrected chi connectivity index (χ4v) is 5.42. The highest BCUT2D eigenvalue weighted by Crippen LogP contribution is 2.46. The molecule has 5 rings (SSSR count). The summed E-state index contributed by atoms with van der Waals surface area (Å²) in [4.78, 5) is 21.5. The van der Waals surface area contributed by atoms with Crippen LogP contribution in [0.4, 0.5) is 18.9 Å².